The second-order valence-corrected chi connectivity index (χ2v) is 9.32. The first kappa shape index (κ1) is 18.8. The molecular weight excluding hydrogens is 278 g/mol. The molecule has 0 radical (unpaired) electrons. The van der Waals surface area contributed by atoms with Crippen molar-refractivity contribution in [3.8, 4) is 0 Å². The summed E-state index contributed by atoms with van der Waals surface area (Å²) < 4.78 is -0.556. The van der Waals surface area contributed by atoms with Crippen LogP contribution in [-0.2, 0) is 9.59 Å². The molecule has 0 bridgehead atoms. The highest BCUT2D eigenvalue weighted by Gasteiger charge is 2.31. The standard InChI is InChI=1S/C14H27NO2S2/c1-12(2,18)8-7-10(16)14(5,6)15-11(17)9-13(3,4)19/h18-19H,7-9H2,1-6H3,(H,15,17). The Morgan fingerprint density at radius 3 is 1.79 bits per heavy atom. The summed E-state index contributed by atoms with van der Waals surface area (Å²) in [5.41, 5.74) is -0.838. The van der Waals surface area contributed by atoms with Gasteiger partial charge in [-0.25, -0.2) is 0 Å². The minimum atomic E-state index is -0.838. The van der Waals surface area contributed by atoms with Gasteiger partial charge in [0.25, 0.3) is 0 Å². The van der Waals surface area contributed by atoms with Crippen LogP contribution in [-0.4, -0.2) is 26.7 Å². The van der Waals surface area contributed by atoms with Crippen LogP contribution < -0.4 is 5.32 Å². The third-order valence-electron chi connectivity index (χ3n) is 2.71. The van der Waals surface area contributed by atoms with Crippen LogP contribution in [0.3, 0.4) is 0 Å². The summed E-state index contributed by atoms with van der Waals surface area (Å²) in [7, 11) is 0. The molecule has 1 N–H and O–H groups in total. The lowest BCUT2D eigenvalue weighted by atomic mass is 9.92. The van der Waals surface area contributed by atoms with Crippen molar-refractivity contribution in [1.82, 2.24) is 5.32 Å². The van der Waals surface area contributed by atoms with Crippen molar-refractivity contribution in [2.45, 2.75) is 75.8 Å². The fraction of sp³-hybridized carbons (Fsp3) is 0.857. The van der Waals surface area contributed by atoms with E-state index in [1.165, 1.54) is 0 Å². The molecule has 0 atom stereocenters. The van der Waals surface area contributed by atoms with E-state index in [0.717, 1.165) is 0 Å². The zero-order valence-electron chi connectivity index (χ0n) is 12.8. The maximum absolute atomic E-state index is 12.1. The van der Waals surface area contributed by atoms with Gasteiger partial charge in [-0.1, -0.05) is 27.7 Å². The largest absolute Gasteiger partial charge is 0.344 e. The summed E-state index contributed by atoms with van der Waals surface area (Å²) >= 11 is 8.72. The van der Waals surface area contributed by atoms with Gasteiger partial charge in [0.05, 0.1) is 5.54 Å². The van der Waals surface area contributed by atoms with Crippen LogP contribution in [0.4, 0.5) is 0 Å². The summed E-state index contributed by atoms with van der Waals surface area (Å²) in [4.78, 5) is 24.0. The van der Waals surface area contributed by atoms with Gasteiger partial charge in [-0.15, -0.1) is 0 Å². The lowest BCUT2D eigenvalue weighted by Gasteiger charge is -2.28. The molecule has 3 nitrogen and oxygen atoms in total. The Kier molecular flexibility index (Phi) is 6.47. The van der Waals surface area contributed by atoms with Gasteiger partial charge >= 0.3 is 0 Å². The smallest absolute Gasteiger partial charge is 0.222 e. The summed E-state index contributed by atoms with van der Waals surface area (Å²) in [5.74, 6) is -0.122. The highest BCUT2D eigenvalue weighted by atomic mass is 32.1. The molecule has 0 spiro atoms. The highest BCUT2D eigenvalue weighted by molar-refractivity contribution is 7.82. The number of rotatable bonds is 7. The number of hydrogen-bond donors (Lipinski definition) is 3. The third kappa shape index (κ3) is 9.38. The van der Waals surface area contributed by atoms with E-state index in [9.17, 15) is 9.59 Å². The molecule has 112 valence electrons. The van der Waals surface area contributed by atoms with Gasteiger partial charge in [0.2, 0.25) is 5.91 Å². The Labute approximate surface area is 128 Å². The average Bonchev–Trinajstić information content (AvgIpc) is 2.08. The van der Waals surface area contributed by atoms with E-state index in [2.05, 4.69) is 30.6 Å². The molecule has 1 amide bonds. The molecule has 0 rings (SSSR count). The van der Waals surface area contributed by atoms with Gasteiger partial charge in [-0.2, -0.15) is 25.3 Å². The summed E-state index contributed by atoms with van der Waals surface area (Å²) in [6.07, 6.45) is 1.38. The Bertz CT molecular complexity index is 338. The molecule has 0 saturated heterocycles. The lowest BCUT2D eigenvalue weighted by Crippen LogP contribution is -2.50. The fourth-order valence-electron chi connectivity index (χ4n) is 1.59. The number of ketones is 1. The van der Waals surface area contributed by atoms with Gasteiger partial charge in [-0.3, -0.25) is 9.59 Å². The van der Waals surface area contributed by atoms with E-state index in [1.54, 1.807) is 13.8 Å². The first-order chi connectivity index (χ1) is 8.23. The molecule has 0 heterocycles. The van der Waals surface area contributed by atoms with Crippen LogP contribution in [0.2, 0.25) is 0 Å². The average molecular weight is 306 g/mol. The molecule has 0 aliphatic rings. The minimum absolute atomic E-state index is 0.0277. The zero-order chi connectivity index (χ0) is 15.5. The molecule has 0 aliphatic heterocycles. The summed E-state index contributed by atoms with van der Waals surface area (Å²) in [6.45, 7) is 11.2. The molecule has 19 heavy (non-hydrogen) atoms. The predicted octanol–water partition coefficient (Wildman–Crippen LogP) is 3.04. The van der Waals surface area contributed by atoms with E-state index in [4.69, 9.17) is 0 Å². The fourth-order valence-corrected chi connectivity index (χ4v) is 1.84. The van der Waals surface area contributed by atoms with E-state index < -0.39 is 5.54 Å². The summed E-state index contributed by atoms with van der Waals surface area (Å²) in [5, 5.41) is 2.79. The Morgan fingerprint density at radius 2 is 1.42 bits per heavy atom. The van der Waals surface area contributed by atoms with Gasteiger partial charge in [0.1, 0.15) is 0 Å². The molecule has 0 fully saturated rings. The second kappa shape index (κ2) is 6.53. The van der Waals surface area contributed by atoms with Gasteiger partial charge in [-0.05, 0) is 20.3 Å². The molecule has 0 aliphatic carbocycles. The quantitative estimate of drug-likeness (QED) is 0.633. The molecule has 5 heteroatoms. The van der Waals surface area contributed by atoms with E-state index >= 15 is 0 Å². The topological polar surface area (TPSA) is 46.2 Å². The first-order valence-corrected chi connectivity index (χ1v) is 7.41. The SMILES string of the molecule is CC(C)(S)CCC(=O)C(C)(C)NC(=O)CC(C)(C)S. The molecule has 0 aromatic carbocycles. The van der Waals surface area contributed by atoms with Crippen molar-refractivity contribution in [3.63, 3.8) is 0 Å². The van der Waals surface area contributed by atoms with Crippen LogP contribution in [0.5, 0.6) is 0 Å². The molecular formula is C14H27NO2S2. The van der Waals surface area contributed by atoms with Crippen LogP contribution in [0.1, 0.15) is 60.8 Å². The Morgan fingerprint density at radius 1 is 0.947 bits per heavy atom. The maximum Gasteiger partial charge on any atom is 0.222 e. The molecule has 0 aromatic rings. The number of nitrogens with one attached hydrogen (secondary N) is 1. The van der Waals surface area contributed by atoms with Crippen molar-refractivity contribution in [3.05, 3.63) is 0 Å². The maximum atomic E-state index is 12.1. The predicted molar refractivity (Wildman–Crippen MR) is 87.2 cm³/mol. The van der Waals surface area contributed by atoms with E-state index in [1.807, 2.05) is 27.7 Å². The lowest BCUT2D eigenvalue weighted by molar-refractivity contribution is -0.131. The van der Waals surface area contributed by atoms with Crippen molar-refractivity contribution >= 4 is 36.9 Å². The van der Waals surface area contributed by atoms with Crippen molar-refractivity contribution in [2.75, 3.05) is 0 Å². The number of carbonyl (C=O) groups excluding carboxylic acids is 2. The van der Waals surface area contributed by atoms with Crippen molar-refractivity contribution in [2.24, 2.45) is 0 Å². The zero-order valence-corrected chi connectivity index (χ0v) is 14.6. The number of hydrogen-bond acceptors (Lipinski definition) is 4. The van der Waals surface area contributed by atoms with E-state index in [-0.39, 0.29) is 27.6 Å². The number of Topliss-reactive ketones (excluding diaryl/α,β-unsaturated/α-hetero) is 1. The number of thiol groups is 2. The van der Waals surface area contributed by atoms with Crippen LogP contribution >= 0.6 is 25.3 Å². The van der Waals surface area contributed by atoms with Crippen molar-refractivity contribution < 1.29 is 9.59 Å². The van der Waals surface area contributed by atoms with Crippen LogP contribution in [0.15, 0.2) is 0 Å². The van der Waals surface area contributed by atoms with E-state index in [0.29, 0.717) is 12.8 Å². The van der Waals surface area contributed by atoms with Gasteiger partial charge in [0, 0.05) is 22.3 Å². The summed E-state index contributed by atoms with van der Waals surface area (Å²) in [6, 6.07) is 0. The minimum Gasteiger partial charge on any atom is -0.344 e. The molecule has 0 aromatic heterocycles. The van der Waals surface area contributed by atoms with Crippen LogP contribution in [0, 0.1) is 0 Å². The van der Waals surface area contributed by atoms with Gasteiger partial charge < -0.3 is 5.32 Å². The Balaban J connectivity index is 4.45. The normalized spacial score (nSPS) is 13.3. The number of carbonyl (C=O) groups is 2. The second-order valence-electron chi connectivity index (χ2n) is 6.90. The van der Waals surface area contributed by atoms with Gasteiger partial charge in [0.15, 0.2) is 5.78 Å². The Hall–Kier alpha value is -0.160. The first-order valence-electron chi connectivity index (χ1n) is 6.52. The number of amides is 1. The third-order valence-corrected chi connectivity index (χ3v) is 3.09. The van der Waals surface area contributed by atoms with Crippen LogP contribution in [0.25, 0.3) is 0 Å². The molecule has 0 unspecified atom stereocenters. The van der Waals surface area contributed by atoms with Crippen molar-refractivity contribution in [1.29, 1.82) is 0 Å². The highest BCUT2D eigenvalue weighted by Crippen LogP contribution is 2.22. The molecule has 0 saturated carbocycles. The monoisotopic (exact) mass is 305 g/mol.